The number of carbonyl (C=O) groups excluding carboxylic acids is 1. The summed E-state index contributed by atoms with van der Waals surface area (Å²) in [7, 11) is -3.15. The summed E-state index contributed by atoms with van der Waals surface area (Å²) >= 11 is 0. The molecule has 1 aliphatic rings. The SMILES string of the molecule is O=C(CC1CCS(=O)(=O)C1)c1cnccc1C(F)(F)F. The first kappa shape index (κ1) is 15.0. The Morgan fingerprint density at radius 1 is 1.40 bits per heavy atom. The molecule has 1 fully saturated rings. The van der Waals surface area contributed by atoms with Crippen molar-refractivity contribution in [3.8, 4) is 0 Å². The van der Waals surface area contributed by atoms with Crippen molar-refractivity contribution in [1.82, 2.24) is 4.98 Å². The van der Waals surface area contributed by atoms with E-state index < -0.39 is 38.8 Å². The molecule has 1 aliphatic heterocycles. The van der Waals surface area contributed by atoms with Gasteiger partial charge < -0.3 is 0 Å². The van der Waals surface area contributed by atoms with Gasteiger partial charge in [0, 0.05) is 24.4 Å². The highest BCUT2D eigenvalue weighted by atomic mass is 32.2. The molecule has 1 aromatic rings. The van der Waals surface area contributed by atoms with Crippen LogP contribution < -0.4 is 0 Å². The van der Waals surface area contributed by atoms with Crippen LogP contribution in [0, 0.1) is 5.92 Å². The minimum absolute atomic E-state index is 0.00981. The molecular weight excluding hydrogens is 295 g/mol. The van der Waals surface area contributed by atoms with E-state index in [0.29, 0.717) is 6.42 Å². The third kappa shape index (κ3) is 3.36. The minimum Gasteiger partial charge on any atom is -0.294 e. The highest BCUT2D eigenvalue weighted by Gasteiger charge is 2.36. The molecule has 1 unspecified atom stereocenters. The van der Waals surface area contributed by atoms with Crippen molar-refractivity contribution in [2.75, 3.05) is 11.5 Å². The molecule has 0 saturated carbocycles. The van der Waals surface area contributed by atoms with Gasteiger partial charge >= 0.3 is 6.18 Å². The number of nitrogens with zero attached hydrogens (tertiary/aromatic N) is 1. The maximum absolute atomic E-state index is 12.8. The topological polar surface area (TPSA) is 64.1 Å². The molecule has 0 aliphatic carbocycles. The molecule has 1 saturated heterocycles. The van der Waals surface area contributed by atoms with E-state index >= 15 is 0 Å². The lowest BCUT2D eigenvalue weighted by Gasteiger charge is -2.12. The lowest BCUT2D eigenvalue weighted by molar-refractivity contribution is -0.138. The average molecular weight is 307 g/mol. The molecule has 20 heavy (non-hydrogen) atoms. The van der Waals surface area contributed by atoms with Crippen molar-refractivity contribution in [2.45, 2.75) is 19.0 Å². The van der Waals surface area contributed by atoms with Crippen LogP contribution in [0.5, 0.6) is 0 Å². The van der Waals surface area contributed by atoms with Gasteiger partial charge in [-0.05, 0) is 18.4 Å². The van der Waals surface area contributed by atoms with Gasteiger partial charge in [-0.2, -0.15) is 13.2 Å². The summed E-state index contributed by atoms with van der Waals surface area (Å²) in [5.41, 5.74) is -1.53. The van der Waals surface area contributed by atoms with Gasteiger partial charge in [0.05, 0.1) is 17.1 Å². The van der Waals surface area contributed by atoms with Gasteiger partial charge in [-0.3, -0.25) is 9.78 Å². The van der Waals surface area contributed by atoms with E-state index in [4.69, 9.17) is 0 Å². The standard InChI is InChI=1S/C12H12F3NO3S/c13-12(14,15)10-1-3-16-6-9(10)11(17)5-8-2-4-20(18,19)7-8/h1,3,6,8H,2,4-5,7H2. The van der Waals surface area contributed by atoms with E-state index in [0.717, 1.165) is 18.5 Å². The van der Waals surface area contributed by atoms with Crippen LogP contribution in [-0.4, -0.2) is 30.7 Å². The minimum atomic E-state index is -4.63. The fourth-order valence-electron chi connectivity index (χ4n) is 2.27. The van der Waals surface area contributed by atoms with Crippen molar-refractivity contribution >= 4 is 15.6 Å². The summed E-state index contributed by atoms with van der Waals surface area (Å²) in [6.45, 7) is 0. The Morgan fingerprint density at radius 2 is 2.10 bits per heavy atom. The molecule has 0 N–H and O–H groups in total. The van der Waals surface area contributed by atoms with Gasteiger partial charge in [-0.15, -0.1) is 0 Å². The summed E-state index contributed by atoms with van der Waals surface area (Å²) in [5.74, 6) is -1.27. The summed E-state index contributed by atoms with van der Waals surface area (Å²) in [6.07, 6.45) is -2.66. The number of pyridine rings is 1. The number of sulfone groups is 1. The quantitative estimate of drug-likeness (QED) is 0.802. The van der Waals surface area contributed by atoms with E-state index in [2.05, 4.69) is 4.98 Å². The molecule has 2 rings (SSSR count). The Bertz CT molecular complexity index is 625. The Labute approximate surface area is 113 Å². The van der Waals surface area contributed by atoms with Crippen LogP contribution in [0.2, 0.25) is 0 Å². The van der Waals surface area contributed by atoms with E-state index in [1.54, 1.807) is 0 Å². The fraction of sp³-hybridized carbons (Fsp3) is 0.500. The van der Waals surface area contributed by atoms with Crippen molar-refractivity contribution < 1.29 is 26.4 Å². The highest BCUT2D eigenvalue weighted by Crippen LogP contribution is 2.33. The Kier molecular flexibility index (Phi) is 3.86. The van der Waals surface area contributed by atoms with Gasteiger partial charge in [0.2, 0.25) is 0 Å². The number of halogens is 3. The zero-order valence-corrected chi connectivity index (χ0v) is 11.2. The van der Waals surface area contributed by atoms with Crippen molar-refractivity contribution in [3.05, 3.63) is 29.6 Å². The van der Waals surface area contributed by atoms with Crippen molar-refractivity contribution in [2.24, 2.45) is 5.92 Å². The first-order valence-electron chi connectivity index (χ1n) is 5.94. The van der Waals surface area contributed by atoms with Crippen molar-refractivity contribution in [3.63, 3.8) is 0 Å². The monoisotopic (exact) mass is 307 g/mol. The van der Waals surface area contributed by atoms with Gasteiger partial charge in [-0.1, -0.05) is 0 Å². The van der Waals surface area contributed by atoms with E-state index in [1.807, 2.05) is 0 Å². The second-order valence-corrected chi connectivity index (χ2v) is 7.04. The van der Waals surface area contributed by atoms with E-state index in [-0.39, 0.29) is 17.9 Å². The lowest BCUT2D eigenvalue weighted by Crippen LogP contribution is -2.16. The predicted molar refractivity (Wildman–Crippen MR) is 64.9 cm³/mol. The van der Waals surface area contributed by atoms with Gasteiger partial charge in [-0.25, -0.2) is 8.42 Å². The second kappa shape index (κ2) is 5.16. The Morgan fingerprint density at radius 3 is 2.65 bits per heavy atom. The van der Waals surface area contributed by atoms with Crippen LogP contribution in [0.3, 0.4) is 0 Å². The average Bonchev–Trinajstić information content (AvgIpc) is 2.67. The van der Waals surface area contributed by atoms with Crippen LogP contribution >= 0.6 is 0 Å². The number of aromatic nitrogens is 1. The molecule has 110 valence electrons. The molecule has 4 nitrogen and oxygen atoms in total. The normalized spacial score (nSPS) is 21.9. The highest BCUT2D eigenvalue weighted by molar-refractivity contribution is 7.91. The summed E-state index contributed by atoms with van der Waals surface area (Å²) < 4.78 is 60.9. The molecule has 1 aromatic heterocycles. The third-order valence-electron chi connectivity index (χ3n) is 3.23. The summed E-state index contributed by atoms with van der Waals surface area (Å²) in [5, 5.41) is 0. The maximum Gasteiger partial charge on any atom is 0.417 e. The molecule has 0 bridgehead atoms. The lowest BCUT2D eigenvalue weighted by atomic mass is 9.96. The van der Waals surface area contributed by atoms with Crippen LogP contribution in [0.25, 0.3) is 0 Å². The number of carbonyl (C=O) groups is 1. The second-order valence-electron chi connectivity index (χ2n) is 4.82. The molecule has 2 heterocycles. The smallest absolute Gasteiger partial charge is 0.294 e. The summed E-state index contributed by atoms with van der Waals surface area (Å²) in [4.78, 5) is 15.5. The number of alkyl halides is 3. The van der Waals surface area contributed by atoms with Crippen LogP contribution in [0.1, 0.15) is 28.8 Å². The van der Waals surface area contributed by atoms with Crippen molar-refractivity contribution in [1.29, 1.82) is 0 Å². The molecule has 8 heteroatoms. The van der Waals surface area contributed by atoms with Gasteiger partial charge in [0.1, 0.15) is 0 Å². The number of hydrogen-bond acceptors (Lipinski definition) is 4. The number of rotatable bonds is 3. The van der Waals surface area contributed by atoms with E-state index in [9.17, 15) is 26.4 Å². The van der Waals surface area contributed by atoms with Crippen LogP contribution in [-0.2, 0) is 16.0 Å². The number of ketones is 1. The van der Waals surface area contributed by atoms with Crippen LogP contribution in [0.15, 0.2) is 18.5 Å². The molecule has 0 aromatic carbocycles. The fourth-order valence-corrected chi connectivity index (χ4v) is 4.13. The largest absolute Gasteiger partial charge is 0.417 e. The number of hydrogen-bond donors (Lipinski definition) is 0. The molecule has 1 atom stereocenters. The van der Waals surface area contributed by atoms with Gasteiger partial charge in [0.25, 0.3) is 0 Å². The third-order valence-corrected chi connectivity index (χ3v) is 5.06. The maximum atomic E-state index is 12.8. The number of Topliss-reactive ketones (excluding diaryl/α,β-unsaturated/α-hetero) is 1. The van der Waals surface area contributed by atoms with Crippen LogP contribution in [0.4, 0.5) is 13.2 Å². The van der Waals surface area contributed by atoms with E-state index in [1.165, 1.54) is 0 Å². The molecule has 0 spiro atoms. The predicted octanol–water partition coefficient (Wildman–Crippen LogP) is 2.11. The van der Waals surface area contributed by atoms with Gasteiger partial charge in [0.15, 0.2) is 15.6 Å². The molecule has 0 radical (unpaired) electrons. The molecule has 0 amide bonds. The zero-order valence-electron chi connectivity index (χ0n) is 10.4. The first-order valence-corrected chi connectivity index (χ1v) is 7.76. The zero-order chi connectivity index (χ0) is 15.0. The first-order chi connectivity index (χ1) is 9.19. The molecular formula is C12H12F3NO3S. The Balaban J connectivity index is 2.19. The Hall–Kier alpha value is -1.44. The summed E-state index contributed by atoms with van der Waals surface area (Å²) in [6, 6.07) is 0.749.